The highest BCUT2D eigenvalue weighted by Gasteiger charge is 2.09. The number of piperidine rings is 1. The monoisotopic (exact) mass is 426 g/mol. The fraction of sp³-hybridized carbons (Fsp3) is 0.938. The van der Waals surface area contributed by atoms with Crippen molar-refractivity contribution in [3.63, 3.8) is 0 Å². The molecule has 0 amide bonds. The number of likely N-dealkylation sites (tertiary alicyclic amines) is 1. The zero-order valence-electron chi connectivity index (χ0n) is 14.4. The van der Waals surface area contributed by atoms with Gasteiger partial charge in [-0.05, 0) is 38.8 Å². The fourth-order valence-electron chi connectivity index (χ4n) is 2.47. The summed E-state index contributed by atoms with van der Waals surface area (Å²) < 4.78 is 5.54. The van der Waals surface area contributed by atoms with E-state index in [-0.39, 0.29) is 24.0 Å². The van der Waals surface area contributed by atoms with Crippen LogP contribution in [0, 0.1) is 0 Å². The zero-order valence-corrected chi connectivity index (χ0v) is 16.7. The van der Waals surface area contributed by atoms with Gasteiger partial charge in [0.05, 0.1) is 0 Å². The molecule has 0 aromatic carbocycles. The van der Waals surface area contributed by atoms with E-state index in [0.717, 1.165) is 51.6 Å². The average molecular weight is 426 g/mol. The number of rotatable bonds is 10. The molecule has 22 heavy (non-hydrogen) atoms. The van der Waals surface area contributed by atoms with Crippen molar-refractivity contribution < 1.29 is 4.74 Å². The van der Waals surface area contributed by atoms with Crippen molar-refractivity contribution in [1.29, 1.82) is 0 Å². The lowest BCUT2D eigenvalue weighted by molar-refractivity contribution is 0.129. The smallest absolute Gasteiger partial charge is 0.191 e. The largest absolute Gasteiger partial charge is 0.381 e. The van der Waals surface area contributed by atoms with Crippen LogP contribution in [0.1, 0.15) is 45.4 Å². The van der Waals surface area contributed by atoms with Crippen LogP contribution < -0.4 is 10.6 Å². The molecule has 0 radical (unpaired) electrons. The number of hydrogen-bond donors (Lipinski definition) is 2. The third-order valence-electron chi connectivity index (χ3n) is 3.79. The van der Waals surface area contributed by atoms with Crippen molar-refractivity contribution in [2.75, 3.05) is 53.0 Å². The molecule has 1 fully saturated rings. The summed E-state index contributed by atoms with van der Waals surface area (Å²) in [6.07, 6.45) is 7.49. The van der Waals surface area contributed by atoms with E-state index in [0.29, 0.717) is 0 Å². The van der Waals surface area contributed by atoms with Gasteiger partial charge < -0.3 is 20.3 Å². The molecule has 1 rings (SSSR count). The van der Waals surface area contributed by atoms with E-state index in [2.05, 4.69) is 27.4 Å². The summed E-state index contributed by atoms with van der Waals surface area (Å²) >= 11 is 0. The average Bonchev–Trinajstić information content (AvgIpc) is 2.53. The first kappa shape index (κ1) is 21.9. The molecule has 0 aromatic heterocycles. The van der Waals surface area contributed by atoms with Crippen molar-refractivity contribution >= 4 is 29.9 Å². The van der Waals surface area contributed by atoms with E-state index in [1.54, 1.807) is 0 Å². The van der Waals surface area contributed by atoms with Gasteiger partial charge in [0.1, 0.15) is 0 Å². The van der Waals surface area contributed by atoms with Crippen molar-refractivity contribution in [3.05, 3.63) is 0 Å². The quantitative estimate of drug-likeness (QED) is 0.244. The Morgan fingerprint density at radius 2 is 1.73 bits per heavy atom. The van der Waals surface area contributed by atoms with Crippen molar-refractivity contribution in [2.45, 2.75) is 45.4 Å². The van der Waals surface area contributed by atoms with E-state index in [4.69, 9.17) is 4.74 Å². The van der Waals surface area contributed by atoms with Crippen LogP contribution in [-0.4, -0.2) is 63.8 Å². The minimum Gasteiger partial charge on any atom is -0.381 e. The molecule has 0 atom stereocenters. The third-order valence-corrected chi connectivity index (χ3v) is 3.79. The summed E-state index contributed by atoms with van der Waals surface area (Å²) in [4.78, 5) is 6.79. The summed E-state index contributed by atoms with van der Waals surface area (Å²) in [5.74, 6) is 0.903. The van der Waals surface area contributed by atoms with Crippen molar-refractivity contribution in [3.8, 4) is 0 Å². The molecule has 132 valence electrons. The van der Waals surface area contributed by atoms with Gasteiger partial charge in [0, 0.05) is 39.9 Å². The van der Waals surface area contributed by atoms with Gasteiger partial charge in [-0.25, -0.2) is 0 Å². The topological polar surface area (TPSA) is 48.9 Å². The summed E-state index contributed by atoms with van der Waals surface area (Å²) in [5.41, 5.74) is 0. The number of hydrogen-bond acceptors (Lipinski definition) is 3. The maximum atomic E-state index is 5.54. The predicted octanol–water partition coefficient (Wildman–Crippen LogP) is 2.46. The van der Waals surface area contributed by atoms with E-state index in [1.807, 2.05) is 7.05 Å². The van der Waals surface area contributed by atoms with Gasteiger partial charge in [-0.3, -0.25) is 4.99 Å². The molecule has 2 N–H and O–H groups in total. The Morgan fingerprint density at radius 3 is 2.41 bits per heavy atom. The van der Waals surface area contributed by atoms with Crippen LogP contribution in [0.2, 0.25) is 0 Å². The van der Waals surface area contributed by atoms with Crippen LogP contribution in [0.15, 0.2) is 4.99 Å². The second-order valence-corrected chi connectivity index (χ2v) is 5.65. The zero-order chi connectivity index (χ0) is 15.2. The second-order valence-electron chi connectivity index (χ2n) is 5.65. The number of aliphatic imine (C=N–C) groups is 1. The molecule has 0 aromatic rings. The maximum Gasteiger partial charge on any atom is 0.191 e. The Morgan fingerprint density at radius 1 is 1.05 bits per heavy atom. The molecule has 5 nitrogen and oxygen atoms in total. The highest BCUT2D eigenvalue weighted by atomic mass is 127. The molecular formula is C16H35IN4O. The SMILES string of the molecule is CCCCOCCCNC(=NC)NCCN1CCCCC1.I. The fourth-order valence-corrected chi connectivity index (χ4v) is 2.47. The lowest BCUT2D eigenvalue weighted by Crippen LogP contribution is -2.43. The molecule has 0 unspecified atom stereocenters. The molecule has 6 heteroatoms. The van der Waals surface area contributed by atoms with Crippen LogP contribution >= 0.6 is 24.0 Å². The van der Waals surface area contributed by atoms with Gasteiger partial charge in [-0.1, -0.05) is 19.8 Å². The van der Waals surface area contributed by atoms with Crippen LogP contribution in [0.5, 0.6) is 0 Å². The normalized spacial score (nSPS) is 16.2. The molecule has 0 spiro atoms. The third kappa shape index (κ3) is 11.5. The molecule has 1 heterocycles. The first-order valence-electron chi connectivity index (χ1n) is 8.61. The maximum absolute atomic E-state index is 5.54. The molecule has 0 saturated carbocycles. The number of halogens is 1. The Bertz CT molecular complexity index is 271. The van der Waals surface area contributed by atoms with Crippen LogP contribution in [0.3, 0.4) is 0 Å². The van der Waals surface area contributed by atoms with Gasteiger partial charge in [-0.2, -0.15) is 0 Å². The summed E-state index contributed by atoms with van der Waals surface area (Å²) in [6.45, 7) is 9.40. The Labute approximate surface area is 153 Å². The van der Waals surface area contributed by atoms with Gasteiger partial charge in [0.2, 0.25) is 0 Å². The van der Waals surface area contributed by atoms with Crippen LogP contribution in [0.25, 0.3) is 0 Å². The Balaban J connectivity index is 0.00000441. The molecule has 1 saturated heterocycles. The highest BCUT2D eigenvalue weighted by Crippen LogP contribution is 2.07. The van der Waals surface area contributed by atoms with Gasteiger partial charge in [0.25, 0.3) is 0 Å². The number of unbranched alkanes of at least 4 members (excludes halogenated alkanes) is 1. The summed E-state index contributed by atoms with van der Waals surface area (Å²) in [5, 5.41) is 6.72. The lowest BCUT2D eigenvalue weighted by Gasteiger charge is -2.26. The number of guanidine groups is 1. The van der Waals surface area contributed by atoms with Gasteiger partial charge in [-0.15, -0.1) is 24.0 Å². The standard InChI is InChI=1S/C16H34N4O.HI/c1-3-4-14-21-15-8-9-18-16(17-2)19-10-13-20-11-6-5-7-12-20;/h3-15H2,1-2H3,(H2,17,18,19);1H. The molecule has 1 aliphatic heterocycles. The van der Waals surface area contributed by atoms with Crippen LogP contribution in [0.4, 0.5) is 0 Å². The van der Waals surface area contributed by atoms with E-state index in [1.165, 1.54) is 38.8 Å². The Hall–Kier alpha value is -0.0800. The molecule has 0 aliphatic carbocycles. The predicted molar refractivity (Wildman–Crippen MR) is 105 cm³/mol. The number of ether oxygens (including phenoxy) is 1. The molecule has 0 bridgehead atoms. The van der Waals surface area contributed by atoms with Gasteiger partial charge in [0.15, 0.2) is 5.96 Å². The summed E-state index contributed by atoms with van der Waals surface area (Å²) in [6, 6.07) is 0. The molecule has 1 aliphatic rings. The summed E-state index contributed by atoms with van der Waals surface area (Å²) in [7, 11) is 1.83. The number of nitrogens with one attached hydrogen (secondary N) is 2. The van der Waals surface area contributed by atoms with E-state index in [9.17, 15) is 0 Å². The number of nitrogens with zero attached hydrogens (tertiary/aromatic N) is 2. The van der Waals surface area contributed by atoms with E-state index < -0.39 is 0 Å². The lowest BCUT2D eigenvalue weighted by atomic mass is 10.1. The van der Waals surface area contributed by atoms with E-state index >= 15 is 0 Å². The first-order valence-corrected chi connectivity index (χ1v) is 8.61. The molecular weight excluding hydrogens is 391 g/mol. The van der Waals surface area contributed by atoms with Crippen LogP contribution in [-0.2, 0) is 4.74 Å². The van der Waals surface area contributed by atoms with Crippen molar-refractivity contribution in [1.82, 2.24) is 15.5 Å². The minimum atomic E-state index is 0. The van der Waals surface area contributed by atoms with Gasteiger partial charge >= 0.3 is 0 Å². The first-order chi connectivity index (χ1) is 10.4. The minimum absolute atomic E-state index is 0. The van der Waals surface area contributed by atoms with Crippen molar-refractivity contribution in [2.24, 2.45) is 4.99 Å². The Kier molecular flexibility index (Phi) is 15.7. The second kappa shape index (κ2) is 15.8. The highest BCUT2D eigenvalue weighted by molar-refractivity contribution is 14.0.